The quantitative estimate of drug-likeness (QED) is 0.860. The molecule has 0 aliphatic carbocycles. The molecule has 1 unspecified atom stereocenters. The summed E-state index contributed by atoms with van der Waals surface area (Å²) in [7, 11) is 0. The number of nitrogens with zero attached hydrogens (tertiary/aromatic N) is 1. The maximum absolute atomic E-state index is 9.06. The average molecular weight is 298 g/mol. The van der Waals surface area contributed by atoms with Crippen molar-refractivity contribution >= 4 is 0 Å². The Labute approximate surface area is 131 Å². The first-order valence-corrected chi connectivity index (χ1v) is 7.86. The van der Waals surface area contributed by atoms with Crippen molar-refractivity contribution in [1.29, 1.82) is 0 Å². The standard InChI is InChI=1S/C18H22N2O2/c21-8-6-14-3-1-4-15(9-14)16-10-18(12-19-11-16)22-13-17-5-2-7-20-17/h1,3-4,9-12,17,20-21H,2,5-8,13H2. The Kier molecular flexibility index (Phi) is 5.03. The highest BCUT2D eigenvalue weighted by Gasteiger charge is 2.14. The molecule has 0 bridgehead atoms. The van der Waals surface area contributed by atoms with E-state index < -0.39 is 0 Å². The molecule has 1 aliphatic heterocycles. The monoisotopic (exact) mass is 298 g/mol. The van der Waals surface area contributed by atoms with Crippen molar-refractivity contribution in [1.82, 2.24) is 10.3 Å². The van der Waals surface area contributed by atoms with Crippen LogP contribution in [0.4, 0.5) is 0 Å². The van der Waals surface area contributed by atoms with Crippen molar-refractivity contribution < 1.29 is 9.84 Å². The smallest absolute Gasteiger partial charge is 0.138 e. The van der Waals surface area contributed by atoms with Crippen LogP contribution in [0.25, 0.3) is 11.1 Å². The molecule has 1 aliphatic rings. The Balaban J connectivity index is 1.71. The number of benzene rings is 1. The SMILES string of the molecule is OCCc1cccc(-c2cncc(OCC3CCCN3)c2)c1. The Morgan fingerprint density at radius 3 is 3.00 bits per heavy atom. The van der Waals surface area contributed by atoms with Crippen LogP contribution in [-0.2, 0) is 6.42 Å². The summed E-state index contributed by atoms with van der Waals surface area (Å²) in [5.74, 6) is 0.804. The Morgan fingerprint density at radius 2 is 2.18 bits per heavy atom. The molecular formula is C18H22N2O2. The summed E-state index contributed by atoms with van der Waals surface area (Å²) >= 11 is 0. The minimum Gasteiger partial charge on any atom is -0.490 e. The zero-order chi connectivity index (χ0) is 15.2. The summed E-state index contributed by atoms with van der Waals surface area (Å²) < 4.78 is 5.86. The van der Waals surface area contributed by atoms with E-state index in [2.05, 4.69) is 22.4 Å². The van der Waals surface area contributed by atoms with Crippen LogP contribution >= 0.6 is 0 Å². The van der Waals surface area contributed by atoms with Crippen molar-refractivity contribution in [3.8, 4) is 16.9 Å². The lowest BCUT2D eigenvalue weighted by atomic mass is 10.0. The number of ether oxygens (including phenoxy) is 1. The first-order valence-electron chi connectivity index (χ1n) is 7.86. The molecule has 1 aromatic heterocycles. The molecule has 4 nitrogen and oxygen atoms in total. The van der Waals surface area contributed by atoms with E-state index in [1.54, 1.807) is 6.20 Å². The molecule has 0 spiro atoms. The Morgan fingerprint density at radius 1 is 1.23 bits per heavy atom. The van der Waals surface area contributed by atoms with Gasteiger partial charge >= 0.3 is 0 Å². The van der Waals surface area contributed by atoms with Gasteiger partial charge in [-0.2, -0.15) is 0 Å². The van der Waals surface area contributed by atoms with Crippen LogP contribution < -0.4 is 10.1 Å². The van der Waals surface area contributed by atoms with Crippen molar-refractivity contribution in [2.75, 3.05) is 19.8 Å². The second-order valence-corrected chi connectivity index (χ2v) is 5.69. The van der Waals surface area contributed by atoms with Gasteiger partial charge in [-0.1, -0.05) is 24.3 Å². The van der Waals surface area contributed by atoms with Crippen molar-refractivity contribution in [3.05, 3.63) is 48.3 Å². The lowest BCUT2D eigenvalue weighted by Crippen LogP contribution is -2.28. The number of aliphatic hydroxyl groups is 1. The molecule has 0 amide bonds. The van der Waals surface area contributed by atoms with Crippen LogP contribution in [0.1, 0.15) is 18.4 Å². The second kappa shape index (κ2) is 7.38. The molecule has 116 valence electrons. The average Bonchev–Trinajstić information content (AvgIpc) is 3.07. The van der Waals surface area contributed by atoms with Gasteiger partial charge in [-0.15, -0.1) is 0 Å². The number of aliphatic hydroxyl groups excluding tert-OH is 1. The number of rotatable bonds is 6. The van der Waals surface area contributed by atoms with Gasteiger partial charge in [0.2, 0.25) is 0 Å². The van der Waals surface area contributed by atoms with Crippen LogP contribution in [-0.4, -0.2) is 35.9 Å². The molecule has 0 radical (unpaired) electrons. The predicted octanol–water partition coefficient (Wildman–Crippen LogP) is 2.41. The highest BCUT2D eigenvalue weighted by molar-refractivity contribution is 5.64. The van der Waals surface area contributed by atoms with Gasteiger partial charge in [0, 0.05) is 24.4 Å². The van der Waals surface area contributed by atoms with Crippen molar-refractivity contribution in [2.24, 2.45) is 0 Å². The van der Waals surface area contributed by atoms with Gasteiger partial charge in [-0.3, -0.25) is 4.98 Å². The third-order valence-electron chi connectivity index (χ3n) is 3.99. The van der Waals surface area contributed by atoms with E-state index in [4.69, 9.17) is 9.84 Å². The largest absolute Gasteiger partial charge is 0.490 e. The summed E-state index contributed by atoms with van der Waals surface area (Å²) in [6, 6.07) is 10.7. The van der Waals surface area contributed by atoms with Crippen molar-refractivity contribution in [2.45, 2.75) is 25.3 Å². The van der Waals surface area contributed by atoms with Crippen LogP contribution in [0.3, 0.4) is 0 Å². The van der Waals surface area contributed by atoms with Crippen LogP contribution in [0.5, 0.6) is 5.75 Å². The molecule has 4 heteroatoms. The topological polar surface area (TPSA) is 54.4 Å². The third kappa shape index (κ3) is 3.84. The third-order valence-corrected chi connectivity index (χ3v) is 3.99. The number of pyridine rings is 1. The summed E-state index contributed by atoms with van der Waals surface area (Å²) in [4.78, 5) is 4.29. The van der Waals surface area contributed by atoms with Gasteiger partial charge < -0.3 is 15.2 Å². The van der Waals surface area contributed by atoms with Crippen LogP contribution in [0.15, 0.2) is 42.7 Å². The zero-order valence-corrected chi connectivity index (χ0v) is 12.7. The highest BCUT2D eigenvalue weighted by atomic mass is 16.5. The summed E-state index contributed by atoms with van der Waals surface area (Å²) in [5.41, 5.74) is 3.26. The van der Waals surface area contributed by atoms with Crippen LogP contribution in [0.2, 0.25) is 0 Å². The number of nitrogens with one attached hydrogen (secondary N) is 1. The zero-order valence-electron chi connectivity index (χ0n) is 12.7. The van der Waals surface area contributed by atoms with Gasteiger partial charge in [0.1, 0.15) is 12.4 Å². The van der Waals surface area contributed by atoms with E-state index in [0.717, 1.165) is 29.0 Å². The minimum atomic E-state index is 0.166. The molecule has 3 rings (SSSR count). The van der Waals surface area contributed by atoms with E-state index in [9.17, 15) is 0 Å². The highest BCUT2D eigenvalue weighted by Crippen LogP contribution is 2.24. The first kappa shape index (κ1) is 15.0. The Bertz CT molecular complexity index is 610. The first-order chi connectivity index (χ1) is 10.8. The van der Waals surface area contributed by atoms with Gasteiger partial charge in [0.05, 0.1) is 6.20 Å². The molecular weight excluding hydrogens is 276 g/mol. The van der Waals surface area contributed by atoms with Crippen molar-refractivity contribution in [3.63, 3.8) is 0 Å². The number of aromatic nitrogens is 1. The predicted molar refractivity (Wildman–Crippen MR) is 87.0 cm³/mol. The van der Waals surface area contributed by atoms with E-state index in [-0.39, 0.29) is 6.61 Å². The van der Waals surface area contributed by atoms with E-state index in [0.29, 0.717) is 19.1 Å². The fourth-order valence-electron chi connectivity index (χ4n) is 2.79. The molecule has 1 atom stereocenters. The Hall–Kier alpha value is -1.91. The minimum absolute atomic E-state index is 0.166. The molecule has 0 saturated carbocycles. The van der Waals surface area contributed by atoms with Gasteiger partial charge in [-0.25, -0.2) is 0 Å². The lowest BCUT2D eigenvalue weighted by Gasteiger charge is -2.12. The van der Waals surface area contributed by atoms with Gasteiger partial charge in [0.15, 0.2) is 0 Å². The van der Waals surface area contributed by atoms with E-state index in [1.165, 1.54) is 12.8 Å². The summed E-state index contributed by atoms with van der Waals surface area (Å²) in [5, 5.41) is 12.5. The maximum Gasteiger partial charge on any atom is 0.138 e. The van der Waals surface area contributed by atoms with Gasteiger partial charge in [-0.05, 0) is 43.0 Å². The molecule has 1 fully saturated rings. The second-order valence-electron chi connectivity index (χ2n) is 5.69. The van der Waals surface area contributed by atoms with Crippen LogP contribution in [0, 0.1) is 0 Å². The van der Waals surface area contributed by atoms with E-state index >= 15 is 0 Å². The fraction of sp³-hybridized carbons (Fsp3) is 0.389. The molecule has 2 heterocycles. The summed E-state index contributed by atoms with van der Waals surface area (Å²) in [6.45, 7) is 1.94. The maximum atomic E-state index is 9.06. The fourth-order valence-corrected chi connectivity index (χ4v) is 2.79. The normalized spacial score (nSPS) is 17.6. The number of hydrogen-bond acceptors (Lipinski definition) is 4. The lowest BCUT2D eigenvalue weighted by molar-refractivity contribution is 0.276. The molecule has 2 aromatic rings. The number of hydrogen-bond donors (Lipinski definition) is 2. The molecule has 1 saturated heterocycles. The van der Waals surface area contributed by atoms with E-state index in [1.807, 2.05) is 24.4 Å². The van der Waals surface area contributed by atoms with Gasteiger partial charge in [0.25, 0.3) is 0 Å². The molecule has 2 N–H and O–H groups in total. The summed E-state index contributed by atoms with van der Waals surface area (Å²) in [6.07, 6.45) is 6.68. The molecule has 22 heavy (non-hydrogen) atoms. The molecule has 1 aromatic carbocycles.